The van der Waals surface area contributed by atoms with Gasteiger partial charge in [0.1, 0.15) is 0 Å². The third-order valence-electron chi connectivity index (χ3n) is 2.35. The first-order valence-corrected chi connectivity index (χ1v) is 4.81. The monoisotopic (exact) mass is 178 g/mol. The van der Waals surface area contributed by atoms with Crippen LogP contribution < -0.4 is 11.5 Å². The Morgan fingerprint density at radius 2 is 1.62 bits per heavy atom. The fourth-order valence-corrected chi connectivity index (χ4v) is 1.35. The van der Waals surface area contributed by atoms with E-state index in [1.54, 1.807) is 0 Å². The first-order chi connectivity index (χ1) is 6.36. The molecule has 1 aromatic carbocycles. The van der Waals surface area contributed by atoms with Gasteiger partial charge in [-0.1, -0.05) is 30.3 Å². The number of nitrogens with two attached hydrogens (primary N) is 2. The molecule has 0 amide bonds. The lowest BCUT2D eigenvalue weighted by atomic mass is 10.00. The predicted octanol–water partition coefficient (Wildman–Crippen LogP) is 1.15. The molecule has 0 fully saturated rings. The molecule has 0 bridgehead atoms. The molecule has 0 atom stereocenters. The molecular weight excluding hydrogens is 160 g/mol. The van der Waals surface area contributed by atoms with Crippen LogP contribution in [0.15, 0.2) is 30.3 Å². The van der Waals surface area contributed by atoms with E-state index in [0.717, 1.165) is 12.8 Å². The number of rotatable bonds is 5. The van der Waals surface area contributed by atoms with E-state index in [1.165, 1.54) is 5.56 Å². The van der Waals surface area contributed by atoms with Gasteiger partial charge in [-0.3, -0.25) is 0 Å². The smallest absolute Gasteiger partial charge is 0.00367 e. The van der Waals surface area contributed by atoms with Crippen LogP contribution in [0.1, 0.15) is 12.0 Å². The van der Waals surface area contributed by atoms with Crippen molar-refractivity contribution < 1.29 is 0 Å². The lowest BCUT2D eigenvalue weighted by Crippen LogP contribution is -2.23. The quantitative estimate of drug-likeness (QED) is 0.710. The maximum Gasteiger partial charge on any atom is -0.00367 e. The van der Waals surface area contributed by atoms with E-state index < -0.39 is 0 Å². The molecule has 0 aliphatic rings. The minimum absolute atomic E-state index is 0.472. The van der Waals surface area contributed by atoms with Crippen LogP contribution in [-0.2, 0) is 6.42 Å². The first-order valence-electron chi connectivity index (χ1n) is 4.81. The standard InChI is InChI=1S/C11H18N2/c12-8-11(9-13)7-6-10-4-2-1-3-5-10/h1-5,11H,6-9,12-13H2. The molecule has 0 heterocycles. The number of benzene rings is 1. The van der Waals surface area contributed by atoms with Crippen molar-refractivity contribution >= 4 is 0 Å². The molecule has 13 heavy (non-hydrogen) atoms. The summed E-state index contributed by atoms with van der Waals surface area (Å²) in [5.74, 6) is 0.472. The average molecular weight is 178 g/mol. The van der Waals surface area contributed by atoms with Gasteiger partial charge < -0.3 is 11.5 Å². The van der Waals surface area contributed by atoms with Crippen LogP contribution in [0.3, 0.4) is 0 Å². The molecule has 0 unspecified atom stereocenters. The molecule has 0 aromatic heterocycles. The van der Waals surface area contributed by atoms with E-state index in [2.05, 4.69) is 24.3 Å². The SMILES string of the molecule is NCC(CN)CCc1ccccc1. The van der Waals surface area contributed by atoms with Crippen molar-refractivity contribution in [3.63, 3.8) is 0 Å². The Morgan fingerprint density at radius 3 is 2.15 bits per heavy atom. The first kappa shape index (κ1) is 10.2. The lowest BCUT2D eigenvalue weighted by Gasteiger charge is -2.11. The van der Waals surface area contributed by atoms with Crippen LogP contribution in [0.5, 0.6) is 0 Å². The Hall–Kier alpha value is -0.860. The molecule has 2 heteroatoms. The maximum atomic E-state index is 5.57. The van der Waals surface area contributed by atoms with E-state index in [4.69, 9.17) is 11.5 Å². The second kappa shape index (κ2) is 5.73. The Labute approximate surface area is 79.9 Å². The fourth-order valence-electron chi connectivity index (χ4n) is 1.35. The fraction of sp³-hybridized carbons (Fsp3) is 0.455. The molecule has 72 valence electrons. The topological polar surface area (TPSA) is 52.0 Å². The zero-order chi connectivity index (χ0) is 9.52. The second-order valence-electron chi connectivity index (χ2n) is 3.36. The van der Waals surface area contributed by atoms with Crippen LogP contribution in [0.4, 0.5) is 0 Å². The van der Waals surface area contributed by atoms with Crippen molar-refractivity contribution in [3.8, 4) is 0 Å². The molecule has 0 spiro atoms. The summed E-state index contributed by atoms with van der Waals surface area (Å²) in [5, 5.41) is 0. The molecule has 2 nitrogen and oxygen atoms in total. The highest BCUT2D eigenvalue weighted by molar-refractivity contribution is 5.14. The molecule has 0 saturated heterocycles. The lowest BCUT2D eigenvalue weighted by molar-refractivity contribution is 0.508. The van der Waals surface area contributed by atoms with Gasteiger partial charge in [-0.2, -0.15) is 0 Å². The van der Waals surface area contributed by atoms with Gasteiger partial charge in [-0.05, 0) is 37.4 Å². The van der Waals surface area contributed by atoms with Crippen LogP contribution >= 0.6 is 0 Å². The summed E-state index contributed by atoms with van der Waals surface area (Å²) >= 11 is 0. The van der Waals surface area contributed by atoms with Crippen LogP contribution in [0.2, 0.25) is 0 Å². The molecule has 1 aromatic rings. The Balaban J connectivity index is 2.34. The second-order valence-corrected chi connectivity index (χ2v) is 3.36. The Morgan fingerprint density at radius 1 is 1.00 bits per heavy atom. The summed E-state index contributed by atoms with van der Waals surface area (Å²) < 4.78 is 0. The summed E-state index contributed by atoms with van der Waals surface area (Å²) in [7, 11) is 0. The molecule has 0 saturated carbocycles. The zero-order valence-corrected chi connectivity index (χ0v) is 7.95. The summed E-state index contributed by atoms with van der Waals surface area (Å²) in [5.41, 5.74) is 12.5. The molecule has 1 rings (SSSR count). The summed E-state index contributed by atoms with van der Waals surface area (Å²) in [6.07, 6.45) is 2.18. The van der Waals surface area contributed by atoms with Crippen molar-refractivity contribution in [1.82, 2.24) is 0 Å². The molecule has 0 radical (unpaired) electrons. The van der Waals surface area contributed by atoms with Crippen molar-refractivity contribution in [1.29, 1.82) is 0 Å². The van der Waals surface area contributed by atoms with E-state index >= 15 is 0 Å². The Kier molecular flexibility index (Phi) is 4.50. The third kappa shape index (κ3) is 3.57. The van der Waals surface area contributed by atoms with Crippen molar-refractivity contribution in [3.05, 3.63) is 35.9 Å². The van der Waals surface area contributed by atoms with E-state index in [9.17, 15) is 0 Å². The molecule has 0 aliphatic heterocycles. The molecule has 4 N–H and O–H groups in total. The summed E-state index contributed by atoms with van der Waals surface area (Å²) in [6.45, 7) is 1.40. The van der Waals surface area contributed by atoms with Gasteiger partial charge in [0, 0.05) is 0 Å². The Bertz CT molecular complexity index is 217. The van der Waals surface area contributed by atoms with Crippen LogP contribution in [0.25, 0.3) is 0 Å². The van der Waals surface area contributed by atoms with E-state index in [-0.39, 0.29) is 0 Å². The van der Waals surface area contributed by atoms with Gasteiger partial charge in [0.25, 0.3) is 0 Å². The van der Waals surface area contributed by atoms with Gasteiger partial charge in [0.15, 0.2) is 0 Å². The molecule has 0 aliphatic carbocycles. The predicted molar refractivity (Wildman–Crippen MR) is 56.4 cm³/mol. The van der Waals surface area contributed by atoms with E-state index in [1.807, 2.05) is 6.07 Å². The minimum atomic E-state index is 0.472. The highest BCUT2D eigenvalue weighted by atomic mass is 14.6. The van der Waals surface area contributed by atoms with E-state index in [0.29, 0.717) is 19.0 Å². The number of hydrogen-bond donors (Lipinski definition) is 2. The van der Waals surface area contributed by atoms with Crippen LogP contribution in [0, 0.1) is 5.92 Å². The summed E-state index contributed by atoms with van der Waals surface area (Å²) in [6, 6.07) is 10.4. The largest absolute Gasteiger partial charge is 0.330 e. The van der Waals surface area contributed by atoms with Gasteiger partial charge in [0.2, 0.25) is 0 Å². The van der Waals surface area contributed by atoms with Gasteiger partial charge in [-0.15, -0.1) is 0 Å². The third-order valence-corrected chi connectivity index (χ3v) is 2.35. The van der Waals surface area contributed by atoms with Gasteiger partial charge in [-0.25, -0.2) is 0 Å². The van der Waals surface area contributed by atoms with Crippen molar-refractivity contribution in [2.45, 2.75) is 12.8 Å². The average Bonchev–Trinajstić information content (AvgIpc) is 2.21. The molecular formula is C11H18N2. The van der Waals surface area contributed by atoms with Crippen molar-refractivity contribution in [2.75, 3.05) is 13.1 Å². The summed E-state index contributed by atoms with van der Waals surface area (Å²) in [4.78, 5) is 0. The van der Waals surface area contributed by atoms with Gasteiger partial charge >= 0.3 is 0 Å². The highest BCUT2D eigenvalue weighted by Crippen LogP contribution is 2.07. The highest BCUT2D eigenvalue weighted by Gasteiger charge is 2.03. The minimum Gasteiger partial charge on any atom is -0.330 e. The zero-order valence-electron chi connectivity index (χ0n) is 7.95. The van der Waals surface area contributed by atoms with Gasteiger partial charge in [0.05, 0.1) is 0 Å². The van der Waals surface area contributed by atoms with Crippen molar-refractivity contribution in [2.24, 2.45) is 17.4 Å². The number of aryl methyl sites for hydroxylation is 1. The normalized spacial score (nSPS) is 10.7. The maximum absolute atomic E-state index is 5.57. The number of hydrogen-bond acceptors (Lipinski definition) is 2. The van der Waals surface area contributed by atoms with Crippen LogP contribution in [-0.4, -0.2) is 13.1 Å².